The maximum absolute atomic E-state index is 10.1. The van der Waals surface area contributed by atoms with Crippen molar-refractivity contribution in [2.75, 3.05) is 0 Å². The molecule has 0 radical (unpaired) electrons. The van der Waals surface area contributed by atoms with Crippen LogP contribution in [0.1, 0.15) is 64.0 Å². The molecule has 0 amide bonds. The van der Waals surface area contributed by atoms with E-state index in [2.05, 4.69) is 64.1 Å². The van der Waals surface area contributed by atoms with E-state index in [1.807, 2.05) is 12.1 Å². The molecule has 1 aromatic carbocycles. The predicted molar refractivity (Wildman–Crippen MR) is 113 cm³/mol. The highest BCUT2D eigenvalue weighted by Crippen LogP contribution is 2.56. The average Bonchev–Trinajstić information content (AvgIpc) is 2.72. The molecule has 3 rings (SSSR count). The standard InChI is InChI=1S/C25H28N4/c1-5-16-6-11-19-20(12-16)22(17-7-9-18(10-8-17)24(2,3)4)25(14-27,15-28)23(29)21(19)13-26/h7-11,16,20,22H,5-6,12,29H2,1-4H3/t16-,20-,22+/m1/s1. The third kappa shape index (κ3) is 3.22. The number of nitrogens with zero attached hydrogens (tertiary/aromatic N) is 3. The summed E-state index contributed by atoms with van der Waals surface area (Å²) in [7, 11) is 0. The molecular weight excluding hydrogens is 356 g/mol. The first-order chi connectivity index (χ1) is 13.7. The average molecular weight is 385 g/mol. The number of fused-ring (bicyclic) bond motifs is 1. The van der Waals surface area contributed by atoms with Crippen LogP contribution in [0.4, 0.5) is 0 Å². The molecule has 0 heterocycles. The fourth-order valence-corrected chi connectivity index (χ4v) is 4.87. The molecule has 4 heteroatoms. The minimum Gasteiger partial charge on any atom is -0.399 e. The van der Waals surface area contributed by atoms with Crippen LogP contribution in [0, 0.1) is 51.2 Å². The molecule has 0 fully saturated rings. The van der Waals surface area contributed by atoms with Gasteiger partial charge in [-0.3, -0.25) is 0 Å². The molecule has 2 aliphatic rings. The smallest absolute Gasteiger partial charge is 0.191 e. The number of nitriles is 3. The van der Waals surface area contributed by atoms with Crippen molar-refractivity contribution in [3.05, 3.63) is 58.3 Å². The molecule has 0 saturated carbocycles. The Morgan fingerprint density at radius 1 is 1.10 bits per heavy atom. The number of nitrogens with two attached hydrogens (primary N) is 1. The fourth-order valence-electron chi connectivity index (χ4n) is 4.87. The lowest BCUT2D eigenvalue weighted by Crippen LogP contribution is -2.43. The van der Waals surface area contributed by atoms with Crippen molar-refractivity contribution in [2.24, 2.45) is 23.0 Å². The summed E-state index contributed by atoms with van der Waals surface area (Å²) in [4.78, 5) is 0. The van der Waals surface area contributed by atoms with Gasteiger partial charge in [0.25, 0.3) is 0 Å². The van der Waals surface area contributed by atoms with Crippen LogP contribution in [-0.4, -0.2) is 0 Å². The van der Waals surface area contributed by atoms with E-state index in [0.29, 0.717) is 11.5 Å². The van der Waals surface area contributed by atoms with Crippen molar-refractivity contribution < 1.29 is 0 Å². The molecule has 0 spiro atoms. The Bertz CT molecular complexity index is 970. The van der Waals surface area contributed by atoms with Crippen LogP contribution in [0.15, 0.2) is 47.2 Å². The third-order valence-electron chi connectivity index (χ3n) is 6.69. The Kier molecular flexibility index (Phi) is 5.30. The number of hydrogen-bond donors (Lipinski definition) is 1. The van der Waals surface area contributed by atoms with Gasteiger partial charge in [0.15, 0.2) is 5.41 Å². The van der Waals surface area contributed by atoms with E-state index in [1.165, 1.54) is 5.56 Å². The minimum absolute atomic E-state index is 0.0166. The van der Waals surface area contributed by atoms with Gasteiger partial charge in [0, 0.05) is 5.92 Å². The molecular formula is C25H28N4. The van der Waals surface area contributed by atoms with Crippen molar-refractivity contribution >= 4 is 0 Å². The van der Waals surface area contributed by atoms with Gasteiger partial charge in [0.1, 0.15) is 6.07 Å². The molecule has 2 aliphatic carbocycles. The largest absolute Gasteiger partial charge is 0.399 e. The summed E-state index contributed by atoms with van der Waals surface area (Å²) in [6.07, 6.45) is 4.91. The summed E-state index contributed by atoms with van der Waals surface area (Å²) in [6.45, 7) is 8.64. The summed E-state index contributed by atoms with van der Waals surface area (Å²) < 4.78 is 0. The summed E-state index contributed by atoms with van der Waals surface area (Å²) in [5, 5.41) is 30.1. The van der Waals surface area contributed by atoms with Gasteiger partial charge in [-0.15, -0.1) is 0 Å². The summed E-state index contributed by atoms with van der Waals surface area (Å²) >= 11 is 0. The van der Waals surface area contributed by atoms with Crippen LogP contribution in [0.5, 0.6) is 0 Å². The summed E-state index contributed by atoms with van der Waals surface area (Å²) in [6, 6.07) is 14.9. The van der Waals surface area contributed by atoms with Crippen molar-refractivity contribution in [1.29, 1.82) is 15.8 Å². The first kappa shape index (κ1) is 20.7. The zero-order chi connectivity index (χ0) is 21.4. The molecule has 0 bridgehead atoms. The molecule has 0 aromatic heterocycles. The second kappa shape index (κ2) is 7.42. The van der Waals surface area contributed by atoms with E-state index in [0.717, 1.165) is 30.4 Å². The number of hydrogen-bond acceptors (Lipinski definition) is 4. The summed E-state index contributed by atoms with van der Waals surface area (Å²) in [5.41, 5.74) is 8.33. The van der Waals surface area contributed by atoms with Crippen LogP contribution in [-0.2, 0) is 5.41 Å². The minimum atomic E-state index is -1.54. The molecule has 29 heavy (non-hydrogen) atoms. The highest BCUT2D eigenvalue weighted by Gasteiger charge is 2.54. The SMILES string of the molecule is CC[C@@H]1CC=C2C(C#N)=C(N)C(C#N)(C#N)[C@@H](c3ccc(C(C)(C)C)cc3)[C@@H]2C1. The second-order valence-electron chi connectivity index (χ2n) is 9.29. The lowest BCUT2D eigenvalue weighted by molar-refractivity contribution is 0.271. The Hall–Kier alpha value is -3.03. The van der Waals surface area contributed by atoms with E-state index in [9.17, 15) is 15.8 Å². The molecule has 0 aliphatic heterocycles. The fraction of sp³-hybridized carbons (Fsp3) is 0.480. The Morgan fingerprint density at radius 2 is 1.72 bits per heavy atom. The highest BCUT2D eigenvalue weighted by molar-refractivity contribution is 5.59. The molecule has 4 nitrogen and oxygen atoms in total. The van der Waals surface area contributed by atoms with E-state index < -0.39 is 5.41 Å². The van der Waals surface area contributed by atoms with Gasteiger partial charge in [-0.25, -0.2) is 0 Å². The van der Waals surface area contributed by atoms with Gasteiger partial charge in [-0.05, 0) is 46.8 Å². The molecule has 3 atom stereocenters. The van der Waals surface area contributed by atoms with Gasteiger partial charge >= 0.3 is 0 Å². The van der Waals surface area contributed by atoms with Crippen LogP contribution >= 0.6 is 0 Å². The van der Waals surface area contributed by atoms with Crippen LogP contribution in [0.25, 0.3) is 0 Å². The van der Waals surface area contributed by atoms with Gasteiger partial charge in [0.2, 0.25) is 0 Å². The van der Waals surface area contributed by atoms with E-state index >= 15 is 0 Å². The third-order valence-corrected chi connectivity index (χ3v) is 6.69. The Labute approximate surface area is 173 Å². The van der Waals surface area contributed by atoms with Crippen molar-refractivity contribution in [3.63, 3.8) is 0 Å². The zero-order valence-electron chi connectivity index (χ0n) is 17.7. The molecule has 148 valence electrons. The lowest BCUT2D eigenvalue weighted by Gasteiger charge is -2.45. The van der Waals surface area contributed by atoms with Crippen molar-refractivity contribution in [3.8, 4) is 18.2 Å². The first-order valence-electron chi connectivity index (χ1n) is 10.3. The Morgan fingerprint density at radius 3 is 2.21 bits per heavy atom. The normalized spacial score (nSPS) is 25.8. The number of allylic oxidation sites excluding steroid dienone is 4. The predicted octanol–water partition coefficient (Wildman–Crippen LogP) is 5.21. The Balaban J connectivity index is 2.25. The first-order valence-corrected chi connectivity index (χ1v) is 10.3. The second-order valence-corrected chi connectivity index (χ2v) is 9.29. The lowest BCUT2D eigenvalue weighted by atomic mass is 9.55. The van der Waals surface area contributed by atoms with E-state index in [1.54, 1.807) is 0 Å². The molecule has 0 saturated heterocycles. The van der Waals surface area contributed by atoms with E-state index in [-0.39, 0.29) is 22.9 Å². The molecule has 1 aromatic rings. The van der Waals surface area contributed by atoms with Crippen molar-refractivity contribution in [1.82, 2.24) is 0 Å². The van der Waals surface area contributed by atoms with Gasteiger partial charge in [-0.2, -0.15) is 15.8 Å². The monoisotopic (exact) mass is 384 g/mol. The molecule has 2 N–H and O–H groups in total. The maximum atomic E-state index is 10.1. The van der Waals surface area contributed by atoms with Crippen LogP contribution in [0.2, 0.25) is 0 Å². The van der Waals surface area contributed by atoms with Gasteiger partial charge in [-0.1, -0.05) is 64.5 Å². The van der Waals surface area contributed by atoms with Gasteiger partial charge in [0.05, 0.1) is 23.4 Å². The molecule has 0 unspecified atom stereocenters. The number of benzene rings is 1. The summed E-state index contributed by atoms with van der Waals surface area (Å²) in [5.74, 6) is 0.0362. The van der Waals surface area contributed by atoms with Crippen molar-refractivity contribution in [2.45, 2.75) is 58.3 Å². The van der Waals surface area contributed by atoms with E-state index in [4.69, 9.17) is 5.73 Å². The highest BCUT2D eigenvalue weighted by atomic mass is 14.7. The quantitative estimate of drug-likeness (QED) is 0.756. The van der Waals surface area contributed by atoms with Crippen LogP contribution < -0.4 is 5.73 Å². The zero-order valence-corrected chi connectivity index (χ0v) is 17.7. The van der Waals surface area contributed by atoms with Gasteiger partial charge < -0.3 is 5.73 Å². The topological polar surface area (TPSA) is 97.4 Å². The maximum Gasteiger partial charge on any atom is 0.191 e. The van der Waals surface area contributed by atoms with Crippen LogP contribution in [0.3, 0.4) is 0 Å². The number of rotatable bonds is 2.